The molecular formula is C9H15N3O2S. The minimum absolute atomic E-state index is 0.132. The van der Waals surface area contributed by atoms with Gasteiger partial charge in [-0.25, -0.2) is 0 Å². The van der Waals surface area contributed by atoms with E-state index in [1.54, 1.807) is 6.92 Å². The van der Waals surface area contributed by atoms with E-state index in [-0.39, 0.29) is 18.4 Å². The van der Waals surface area contributed by atoms with Crippen LogP contribution in [-0.4, -0.2) is 33.8 Å². The van der Waals surface area contributed by atoms with E-state index in [9.17, 15) is 4.79 Å². The molecule has 0 aliphatic rings. The van der Waals surface area contributed by atoms with Crippen LogP contribution in [0.15, 0.2) is 0 Å². The first-order chi connectivity index (χ1) is 7.15. The predicted octanol–water partition coefficient (Wildman–Crippen LogP) is 0.595. The van der Waals surface area contributed by atoms with E-state index in [0.717, 1.165) is 11.5 Å². The average Bonchev–Trinajstić information content (AvgIpc) is 2.61. The van der Waals surface area contributed by atoms with E-state index in [2.05, 4.69) is 14.9 Å². The standard InChI is InChI=1S/C9H15N3O2S/c1-6(3-4-13)5-10-9(14)8-7(2)11-12-15-8/h6,13H,3-5H2,1-2H3,(H,10,14). The number of aromatic nitrogens is 2. The molecule has 0 spiro atoms. The lowest BCUT2D eigenvalue weighted by Gasteiger charge is -2.10. The van der Waals surface area contributed by atoms with Crippen LogP contribution in [0.5, 0.6) is 0 Å². The number of nitrogens with one attached hydrogen (secondary N) is 1. The Kier molecular flexibility index (Phi) is 4.64. The Bertz CT molecular complexity index is 327. The van der Waals surface area contributed by atoms with Gasteiger partial charge in [0.1, 0.15) is 4.88 Å². The van der Waals surface area contributed by atoms with Gasteiger partial charge in [0.2, 0.25) is 0 Å². The summed E-state index contributed by atoms with van der Waals surface area (Å²) in [6.45, 7) is 4.46. The summed E-state index contributed by atoms with van der Waals surface area (Å²) in [5, 5.41) is 15.3. The van der Waals surface area contributed by atoms with Crippen molar-refractivity contribution < 1.29 is 9.90 Å². The highest BCUT2D eigenvalue weighted by molar-refractivity contribution is 7.07. The van der Waals surface area contributed by atoms with Crippen molar-refractivity contribution in [1.29, 1.82) is 0 Å². The lowest BCUT2D eigenvalue weighted by atomic mass is 10.1. The summed E-state index contributed by atoms with van der Waals surface area (Å²) in [6.07, 6.45) is 0.695. The van der Waals surface area contributed by atoms with Gasteiger partial charge in [0.25, 0.3) is 5.91 Å². The Morgan fingerprint density at radius 1 is 1.67 bits per heavy atom. The second-order valence-corrected chi connectivity index (χ2v) is 4.27. The monoisotopic (exact) mass is 229 g/mol. The van der Waals surface area contributed by atoms with E-state index in [1.807, 2.05) is 6.92 Å². The summed E-state index contributed by atoms with van der Waals surface area (Å²) in [5.41, 5.74) is 0.660. The minimum atomic E-state index is -0.132. The van der Waals surface area contributed by atoms with Crippen molar-refractivity contribution in [2.24, 2.45) is 5.92 Å². The van der Waals surface area contributed by atoms with Crippen molar-refractivity contribution in [2.75, 3.05) is 13.2 Å². The molecule has 6 heteroatoms. The maximum absolute atomic E-state index is 11.6. The van der Waals surface area contributed by atoms with Gasteiger partial charge in [-0.15, -0.1) is 5.10 Å². The molecule has 1 aromatic heterocycles. The van der Waals surface area contributed by atoms with Crippen LogP contribution in [0, 0.1) is 12.8 Å². The second-order valence-electron chi connectivity index (χ2n) is 3.51. The highest BCUT2D eigenvalue weighted by Crippen LogP contribution is 2.08. The maximum atomic E-state index is 11.6. The molecule has 0 radical (unpaired) electrons. The van der Waals surface area contributed by atoms with Gasteiger partial charge in [0.15, 0.2) is 0 Å². The Labute approximate surface area is 92.7 Å². The number of hydrogen-bond acceptors (Lipinski definition) is 5. The third-order valence-electron chi connectivity index (χ3n) is 2.09. The van der Waals surface area contributed by atoms with Gasteiger partial charge in [-0.1, -0.05) is 11.4 Å². The van der Waals surface area contributed by atoms with Gasteiger partial charge in [0.05, 0.1) is 5.69 Å². The van der Waals surface area contributed by atoms with Crippen LogP contribution in [0.2, 0.25) is 0 Å². The van der Waals surface area contributed by atoms with Crippen LogP contribution in [0.1, 0.15) is 28.7 Å². The molecule has 5 nitrogen and oxygen atoms in total. The van der Waals surface area contributed by atoms with Gasteiger partial charge in [-0.2, -0.15) is 0 Å². The third kappa shape index (κ3) is 3.56. The number of aliphatic hydroxyl groups excluding tert-OH is 1. The number of hydrogen-bond donors (Lipinski definition) is 2. The zero-order chi connectivity index (χ0) is 11.3. The fourth-order valence-electron chi connectivity index (χ4n) is 1.11. The van der Waals surface area contributed by atoms with Gasteiger partial charge >= 0.3 is 0 Å². The number of carbonyl (C=O) groups is 1. The molecule has 2 N–H and O–H groups in total. The van der Waals surface area contributed by atoms with Crippen LogP contribution >= 0.6 is 11.5 Å². The largest absolute Gasteiger partial charge is 0.396 e. The van der Waals surface area contributed by atoms with E-state index in [0.29, 0.717) is 23.5 Å². The van der Waals surface area contributed by atoms with Crippen molar-refractivity contribution in [1.82, 2.24) is 14.9 Å². The lowest BCUT2D eigenvalue weighted by molar-refractivity contribution is 0.0948. The first kappa shape index (κ1) is 12.1. The van der Waals surface area contributed by atoms with Crippen molar-refractivity contribution >= 4 is 17.4 Å². The van der Waals surface area contributed by atoms with Crippen molar-refractivity contribution in [2.45, 2.75) is 20.3 Å². The number of amides is 1. The number of nitrogens with zero attached hydrogens (tertiary/aromatic N) is 2. The molecule has 1 amide bonds. The van der Waals surface area contributed by atoms with Crippen LogP contribution in [0.3, 0.4) is 0 Å². The molecule has 0 bridgehead atoms. The molecular weight excluding hydrogens is 214 g/mol. The highest BCUT2D eigenvalue weighted by Gasteiger charge is 2.13. The van der Waals surface area contributed by atoms with Crippen molar-refractivity contribution in [3.05, 3.63) is 10.6 Å². The number of carbonyl (C=O) groups excluding carboxylic acids is 1. The summed E-state index contributed by atoms with van der Waals surface area (Å²) in [7, 11) is 0. The maximum Gasteiger partial charge on any atom is 0.264 e. The van der Waals surface area contributed by atoms with E-state index in [1.165, 1.54) is 0 Å². The summed E-state index contributed by atoms with van der Waals surface area (Å²) >= 11 is 1.10. The molecule has 0 aliphatic heterocycles. The van der Waals surface area contributed by atoms with E-state index >= 15 is 0 Å². The topological polar surface area (TPSA) is 75.1 Å². The smallest absolute Gasteiger partial charge is 0.264 e. The van der Waals surface area contributed by atoms with Crippen LogP contribution in [0.25, 0.3) is 0 Å². The quantitative estimate of drug-likeness (QED) is 0.775. The highest BCUT2D eigenvalue weighted by atomic mass is 32.1. The molecule has 1 aromatic rings. The zero-order valence-corrected chi connectivity index (χ0v) is 9.67. The molecule has 1 unspecified atom stereocenters. The second kappa shape index (κ2) is 5.77. The van der Waals surface area contributed by atoms with Crippen LogP contribution < -0.4 is 5.32 Å². The molecule has 0 saturated carbocycles. The SMILES string of the molecule is Cc1nnsc1C(=O)NCC(C)CCO. The molecule has 0 saturated heterocycles. The predicted molar refractivity (Wildman–Crippen MR) is 57.8 cm³/mol. The Morgan fingerprint density at radius 3 is 2.93 bits per heavy atom. The summed E-state index contributed by atoms with van der Waals surface area (Å²) in [6, 6.07) is 0. The van der Waals surface area contributed by atoms with E-state index in [4.69, 9.17) is 5.11 Å². The molecule has 0 aliphatic carbocycles. The summed E-state index contributed by atoms with van der Waals surface area (Å²) < 4.78 is 3.70. The van der Waals surface area contributed by atoms with E-state index < -0.39 is 0 Å². The first-order valence-electron chi connectivity index (χ1n) is 4.83. The average molecular weight is 229 g/mol. The zero-order valence-electron chi connectivity index (χ0n) is 8.86. The van der Waals surface area contributed by atoms with Crippen molar-refractivity contribution in [3.63, 3.8) is 0 Å². The first-order valence-corrected chi connectivity index (χ1v) is 5.60. The van der Waals surface area contributed by atoms with Crippen LogP contribution in [-0.2, 0) is 0 Å². The molecule has 0 aromatic carbocycles. The number of rotatable bonds is 5. The Morgan fingerprint density at radius 2 is 2.40 bits per heavy atom. The van der Waals surface area contributed by atoms with Gasteiger partial charge in [-0.3, -0.25) is 4.79 Å². The van der Waals surface area contributed by atoms with Gasteiger partial charge in [-0.05, 0) is 30.8 Å². The molecule has 1 rings (SSSR count). The minimum Gasteiger partial charge on any atom is -0.396 e. The molecule has 1 atom stereocenters. The van der Waals surface area contributed by atoms with Gasteiger partial charge in [0, 0.05) is 13.2 Å². The number of aryl methyl sites for hydroxylation is 1. The Balaban J connectivity index is 2.40. The molecule has 1 heterocycles. The molecule has 15 heavy (non-hydrogen) atoms. The van der Waals surface area contributed by atoms with Gasteiger partial charge < -0.3 is 10.4 Å². The van der Waals surface area contributed by atoms with Crippen LogP contribution in [0.4, 0.5) is 0 Å². The van der Waals surface area contributed by atoms with Crippen molar-refractivity contribution in [3.8, 4) is 0 Å². The fourth-order valence-corrected chi connectivity index (χ4v) is 1.68. The Hall–Kier alpha value is -1.01. The fraction of sp³-hybridized carbons (Fsp3) is 0.667. The molecule has 84 valence electrons. The summed E-state index contributed by atoms with van der Waals surface area (Å²) in [5.74, 6) is 0.146. The lowest BCUT2D eigenvalue weighted by Crippen LogP contribution is -2.28. The normalized spacial score (nSPS) is 12.5. The molecule has 0 fully saturated rings. The third-order valence-corrected chi connectivity index (χ3v) is 2.92. The number of aliphatic hydroxyl groups is 1. The summed E-state index contributed by atoms with van der Waals surface area (Å²) in [4.78, 5) is 12.2.